The third-order valence-electron chi connectivity index (χ3n) is 3.51. The van der Waals surface area contributed by atoms with Crippen molar-refractivity contribution in [3.05, 3.63) is 36.4 Å². The van der Waals surface area contributed by atoms with Crippen molar-refractivity contribution in [3.63, 3.8) is 0 Å². The van der Waals surface area contributed by atoms with Crippen LogP contribution in [-0.2, 0) is 26.0 Å². The summed E-state index contributed by atoms with van der Waals surface area (Å²) in [5.74, 6) is -0.365. The maximum absolute atomic E-state index is 12.6. The third-order valence-corrected chi connectivity index (χ3v) is 5.41. The van der Waals surface area contributed by atoms with Gasteiger partial charge in [0.1, 0.15) is 0 Å². The van der Waals surface area contributed by atoms with Crippen LogP contribution in [0.15, 0.2) is 35.7 Å². The van der Waals surface area contributed by atoms with E-state index < -0.39 is 10.0 Å². The normalized spacial score (nSPS) is 16.2. The Balaban J connectivity index is 2.36. The number of rotatable bonds is 5. The third kappa shape index (κ3) is 3.55. The minimum Gasteiger partial charge on any atom is -0.379 e. The molecule has 1 amide bonds. The summed E-state index contributed by atoms with van der Waals surface area (Å²) in [6.07, 6.45) is 1.84. The first-order valence-electron chi connectivity index (χ1n) is 7.13. The van der Waals surface area contributed by atoms with E-state index in [9.17, 15) is 13.2 Å². The van der Waals surface area contributed by atoms with E-state index in [0.717, 1.165) is 11.6 Å². The quantitative estimate of drug-likeness (QED) is 0.831. The number of sulfonamides is 1. The van der Waals surface area contributed by atoms with E-state index in [1.54, 1.807) is 12.1 Å². The van der Waals surface area contributed by atoms with Crippen LogP contribution in [0, 0.1) is 0 Å². The number of anilines is 1. The molecule has 1 aromatic carbocycles. The number of hydrogen-bond donors (Lipinski definition) is 1. The van der Waals surface area contributed by atoms with Crippen LogP contribution in [0.2, 0.25) is 0 Å². The fraction of sp³-hybridized carbons (Fsp3) is 0.400. The second-order valence-electron chi connectivity index (χ2n) is 4.88. The van der Waals surface area contributed by atoms with Gasteiger partial charge >= 0.3 is 0 Å². The van der Waals surface area contributed by atoms with Gasteiger partial charge in [0.25, 0.3) is 0 Å². The number of morpholine rings is 1. The predicted octanol–water partition coefficient (Wildman–Crippen LogP) is 1.39. The van der Waals surface area contributed by atoms with Gasteiger partial charge in [0.15, 0.2) is 0 Å². The zero-order valence-corrected chi connectivity index (χ0v) is 13.4. The lowest BCUT2D eigenvalue weighted by atomic mass is 10.1. The van der Waals surface area contributed by atoms with Crippen molar-refractivity contribution in [1.82, 2.24) is 4.31 Å². The Morgan fingerprint density at radius 2 is 2.09 bits per heavy atom. The Hall–Kier alpha value is -1.70. The van der Waals surface area contributed by atoms with Crippen molar-refractivity contribution in [2.45, 2.75) is 18.2 Å². The first kappa shape index (κ1) is 16.7. The van der Waals surface area contributed by atoms with Gasteiger partial charge in [-0.25, -0.2) is 8.42 Å². The van der Waals surface area contributed by atoms with Crippen LogP contribution in [0.1, 0.15) is 12.5 Å². The molecule has 0 radical (unpaired) electrons. The van der Waals surface area contributed by atoms with Gasteiger partial charge in [-0.3, -0.25) is 4.79 Å². The summed E-state index contributed by atoms with van der Waals surface area (Å²) in [5.41, 5.74) is 1.37. The van der Waals surface area contributed by atoms with Gasteiger partial charge < -0.3 is 10.1 Å². The van der Waals surface area contributed by atoms with Gasteiger partial charge in [-0.15, -0.1) is 0 Å². The van der Waals surface area contributed by atoms with E-state index in [1.165, 1.54) is 10.4 Å². The molecule has 1 N–H and O–H groups in total. The number of hydrogen-bond acceptors (Lipinski definition) is 4. The van der Waals surface area contributed by atoms with Crippen molar-refractivity contribution in [3.8, 4) is 0 Å². The van der Waals surface area contributed by atoms with Gasteiger partial charge in [0.2, 0.25) is 15.9 Å². The molecule has 0 aliphatic carbocycles. The van der Waals surface area contributed by atoms with Crippen LogP contribution in [0.25, 0.3) is 0 Å². The van der Waals surface area contributed by atoms with Crippen LogP contribution in [-0.4, -0.2) is 44.9 Å². The summed E-state index contributed by atoms with van der Waals surface area (Å²) >= 11 is 0. The van der Waals surface area contributed by atoms with E-state index in [-0.39, 0.29) is 10.8 Å². The molecule has 6 nitrogen and oxygen atoms in total. The molecule has 1 aromatic rings. The lowest BCUT2D eigenvalue weighted by Crippen LogP contribution is -2.40. The van der Waals surface area contributed by atoms with Crippen LogP contribution in [0.4, 0.5) is 5.69 Å². The van der Waals surface area contributed by atoms with E-state index >= 15 is 0 Å². The van der Waals surface area contributed by atoms with Crippen molar-refractivity contribution in [2.75, 3.05) is 31.6 Å². The summed E-state index contributed by atoms with van der Waals surface area (Å²) in [7, 11) is -3.58. The first-order valence-corrected chi connectivity index (χ1v) is 8.57. The molecule has 2 rings (SSSR count). The van der Waals surface area contributed by atoms with E-state index in [2.05, 4.69) is 11.9 Å². The number of ether oxygens (including phenoxy) is 1. The Bertz CT molecular complexity index is 664. The number of aryl methyl sites for hydroxylation is 1. The SMILES string of the molecule is C=CC(=O)Nc1cc(S(=O)(=O)N2CCOCC2)ccc1CC. The maximum Gasteiger partial charge on any atom is 0.247 e. The summed E-state index contributed by atoms with van der Waals surface area (Å²) in [4.78, 5) is 11.7. The van der Waals surface area contributed by atoms with Crippen LogP contribution < -0.4 is 5.32 Å². The number of benzene rings is 1. The molecular weight excluding hydrogens is 304 g/mol. The molecule has 0 saturated carbocycles. The highest BCUT2D eigenvalue weighted by atomic mass is 32.2. The second-order valence-corrected chi connectivity index (χ2v) is 6.82. The molecule has 1 saturated heterocycles. The Morgan fingerprint density at radius 3 is 2.68 bits per heavy atom. The standard InChI is InChI=1S/C15H20N2O4S/c1-3-12-5-6-13(11-14(12)16-15(18)4-2)22(19,20)17-7-9-21-10-8-17/h4-6,11H,2-3,7-10H2,1H3,(H,16,18). The summed E-state index contributed by atoms with van der Waals surface area (Å²) in [5, 5.41) is 2.66. The minimum absolute atomic E-state index is 0.172. The van der Waals surface area contributed by atoms with E-state index in [4.69, 9.17) is 4.74 Å². The van der Waals surface area contributed by atoms with Crippen molar-refractivity contribution < 1.29 is 17.9 Å². The number of nitrogens with one attached hydrogen (secondary N) is 1. The van der Waals surface area contributed by atoms with Gasteiger partial charge in [0, 0.05) is 18.8 Å². The molecule has 0 aromatic heterocycles. The molecular formula is C15H20N2O4S. The lowest BCUT2D eigenvalue weighted by molar-refractivity contribution is -0.111. The number of amides is 1. The fourth-order valence-electron chi connectivity index (χ4n) is 2.26. The second kappa shape index (κ2) is 7.04. The van der Waals surface area contributed by atoms with Gasteiger partial charge in [-0.2, -0.15) is 4.31 Å². The number of carbonyl (C=O) groups is 1. The number of nitrogens with zero attached hydrogens (tertiary/aromatic N) is 1. The van der Waals surface area contributed by atoms with Gasteiger partial charge in [-0.05, 0) is 30.2 Å². The molecule has 7 heteroatoms. The van der Waals surface area contributed by atoms with Gasteiger partial charge in [-0.1, -0.05) is 19.6 Å². The topological polar surface area (TPSA) is 75.7 Å². The van der Waals surface area contributed by atoms with Crippen molar-refractivity contribution in [2.24, 2.45) is 0 Å². The van der Waals surface area contributed by atoms with Crippen LogP contribution in [0.5, 0.6) is 0 Å². The molecule has 1 fully saturated rings. The molecule has 0 bridgehead atoms. The first-order chi connectivity index (χ1) is 10.5. The summed E-state index contributed by atoms with van der Waals surface area (Å²) in [6, 6.07) is 4.81. The lowest BCUT2D eigenvalue weighted by Gasteiger charge is -2.26. The van der Waals surface area contributed by atoms with Crippen molar-refractivity contribution >= 4 is 21.6 Å². The molecule has 120 valence electrons. The smallest absolute Gasteiger partial charge is 0.247 e. The average molecular weight is 324 g/mol. The highest BCUT2D eigenvalue weighted by Crippen LogP contribution is 2.24. The molecule has 0 spiro atoms. The zero-order chi connectivity index (χ0) is 16.2. The maximum atomic E-state index is 12.6. The summed E-state index contributed by atoms with van der Waals surface area (Å²) in [6.45, 7) is 6.81. The Kier molecular flexibility index (Phi) is 5.33. The highest BCUT2D eigenvalue weighted by Gasteiger charge is 2.26. The van der Waals surface area contributed by atoms with E-state index in [1.807, 2.05) is 6.92 Å². The largest absolute Gasteiger partial charge is 0.379 e. The van der Waals surface area contributed by atoms with Gasteiger partial charge in [0.05, 0.1) is 18.1 Å². The average Bonchev–Trinajstić information content (AvgIpc) is 2.55. The van der Waals surface area contributed by atoms with Crippen LogP contribution >= 0.6 is 0 Å². The number of carbonyl (C=O) groups excluding carboxylic acids is 1. The Labute approximate surface area is 130 Å². The van der Waals surface area contributed by atoms with Crippen molar-refractivity contribution in [1.29, 1.82) is 0 Å². The minimum atomic E-state index is -3.58. The predicted molar refractivity (Wildman–Crippen MR) is 84.2 cm³/mol. The Morgan fingerprint density at radius 1 is 1.41 bits per heavy atom. The molecule has 0 atom stereocenters. The molecule has 1 aliphatic heterocycles. The molecule has 1 heterocycles. The fourth-order valence-corrected chi connectivity index (χ4v) is 3.70. The molecule has 1 aliphatic rings. The van der Waals surface area contributed by atoms with Crippen LogP contribution in [0.3, 0.4) is 0 Å². The summed E-state index contributed by atoms with van der Waals surface area (Å²) < 4.78 is 31.8. The zero-order valence-electron chi connectivity index (χ0n) is 12.5. The molecule has 0 unspecified atom stereocenters. The van der Waals surface area contributed by atoms with E-state index in [0.29, 0.717) is 38.4 Å². The monoisotopic (exact) mass is 324 g/mol. The molecule has 22 heavy (non-hydrogen) atoms. The highest BCUT2D eigenvalue weighted by molar-refractivity contribution is 7.89.